The third-order valence-corrected chi connectivity index (χ3v) is 5.24. The van der Waals surface area contributed by atoms with Crippen LogP contribution >= 0.6 is 11.6 Å². The van der Waals surface area contributed by atoms with Gasteiger partial charge in [0.15, 0.2) is 0 Å². The second-order valence-electron chi connectivity index (χ2n) is 6.60. The molecule has 0 N–H and O–H groups in total. The SMILES string of the molecule is O=c1c(Cl)c(N2CCN(c3ccccc3)CC2)cnn1Cc1ccccc1. The molecule has 1 aliphatic heterocycles. The number of para-hydroxylation sites is 1. The lowest BCUT2D eigenvalue weighted by atomic mass is 10.2. The van der Waals surface area contributed by atoms with Gasteiger partial charge in [-0.25, -0.2) is 4.68 Å². The van der Waals surface area contributed by atoms with Gasteiger partial charge < -0.3 is 9.80 Å². The number of nitrogens with zero attached hydrogens (tertiary/aromatic N) is 4. The van der Waals surface area contributed by atoms with Crippen LogP contribution in [0, 0.1) is 0 Å². The zero-order valence-corrected chi connectivity index (χ0v) is 15.7. The Morgan fingerprint density at radius 2 is 1.44 bits per heavy atom. The molecule has 0 bridgehead atoms. The highest BCUT2D eigenvalue weighted by Crippen LogP contribution is 2.24. The van der Waals surface area contributed by atoms with Crippen molar-refractivity contribution in [3.8, 4) is 0 Å². The van der Waals surface area contributed by atoms with Crippen molar-refractivity contribution >= 4 is 23.0 Å². The highest BCUT2D eigenvalue weighted by atomic mass is 35.5. The molecular weight excluding hydrogens is 360 g/mol. The molecule has 27 heavy (non-hydrogen) atoms. The molecule has 1 fully saturated rings. The van der Waals surface area contributed by atoms with Crippen LogP contribution in [0.2, 0.25) is 5.02 Å². The molecule has 1 saturated heterocycles. The molecule has 4 rings (SSSR count). The molecule has 1 aromatic heterocycles. The average molecular weight is 381 g/mol. The molecule has 0 radical (unpaired) electrons. The molecule has 0 saturated carbocycles. The van der Waals surface area contributed by atoms with Crippen LogP contribution in [0.15, 0.2) is 71.7 Å². The summed E-state index contributed by atoms with van der Waals surface area (Å²) < 4.78 is 1.42. The predicted molar refractivity (Wildman–Crippen MR) is 110 cm³/mol. The fourth-order valence-corrected chi connectivity index (χ4v) is 3.66. The van der Waals surface area contributed by atoms with E-state index in [0.29, 0.717) is 6.54 Å². The van der Waals surface area contributed by atoms with Crippen molar-refractivity contribution in [2.75, 3.05) is 36.0 Å². The van der Waals surface area contributed by atoms with E-state index in [9.17, 15) is 4.79 Å². The van der Waals surface area contributed by atoms with Crippen molar-refractivity contribution in [3.05, 3.63) is 87.8 Å². The summed E-state index contributed by atoms with van der Waals surface area (Å²) in [4.78, 5) is 17.1. The molecule has 0 unspecified atom stereocenters. The molecule has 138 valence electrons. The van der Waals surface area contributed by atoms with Crippen LogP contribution < -0.4 is 15.4 Å². The first-order valence-electron chi connectivity index (χ1n) is 9.07. The third kappa shape index (κ3) is 3.83. The fraction of sp³-hybridized carbons (Fsp3) is 0.238. The minimum absolute atomic E-state index is 0.245. The van der Waals surface area contributed by atoms with Crippen molar-refractivity contribution in [2.24, 2.45) is 0 Å². The highest BCUT2D eigenvalue weighted by molar-refractivity contribution is 6.33. The summed E-state index contributed by atoms with van der Waals surface area (Å²) in [7, 11) is 0. The lowest BCUT2D eigenvalue weighted by Crippen LogP contribution is -2.47. The Morgan fingerprint density at radius 1 is 0.852 bits per heavy atom. The summed E-state index contributed by atoms with van der Waals surface area (Å²) in [6.07, 6.45) is 1.71. The molecular formula is C21H21ClN4O. The number of hydrogen-bond acceptors (Lipinski definition) is 4. The number of piperazine rings is 1. The van der Waals surface area contributed by atoms with Gasteiger partial charge in [0.2, 0.25) is 0 Å². The molecule has 6 heteroatoms. The van der Waals surface area contributed by atoms with Crippen LogP contribution in [0.3, 0.4) is 0 Å². The zero-order chi connectivity index (χ0) is 18.6. The van der Waals surface area contributed by atoms with Crippen LogP contribution in [0.5, 0.6) is 0 Å². The molecule has 0 amide bonds. The Hall–Kier alpha value is -2.79. The van der Waals surface area contributed by atoms with Crippen LogP contribution in [0.1, 0.15) is 5.56 Å². The smallest absolute Gasteiger partial charge is 0.287 e. The largest absolute Gasteiger partial charge is 0.368 e. The number of rotatable bonds is 4. The zero-order valence-electron chi connectivity index (χ0n) is 15.0. The van der Waals surface area contributed by atoms with Crippen molar-refractivity contribution < 1.29 is 0 Å². The Bertz CT molecular complexity index is 951. The van der Waals surface area contributed by atoms with Gasteiger partial charge in [-0.3, -0.25) is 4.79 Å². The van der Waals surface area contributed by atoms with Crippen molar-refractivity contribution in [1.29, 1.82) is 0 Å². The molecule has 0 atom stereocenters. The van der Waals surface area contributed by atoms with E-state index < -0.39 is 0 Å². The van der Waals surface area contributed by atoms with Crippen LogP contribution in [0.25, 0.3) is 0 Å². The Kier molecular flexibility index (Phi) is 5.12. The maximum atomic E-state index is 12.7. The van der Waals surface area contributed by atoms with E-state index in [-0.39, 0.29) is 10.6 Å². The van der Waals surface area contributed by atoms with E-state index in [2.05, 4.69) is 39.2 Å². The van der Waals surface area contributed by atoms with Gasteiger partial charge in [-0.05, 0) is 17.7 Å². The van der Waals surface area contributed by atoms with Gasteiger partial charge in [-0.1, -0.05) is 60.1 Å². The summed E-state index contributed by atoms with van der Waals surface area (Å²) in [6, 6.07) is 20.1. The van der Waals surface area contributed by atoms with Crippen LogP contribution in [-0.2, 0) is 6.54 Å². The van der Waals surface area contributed by atoms with Gasteiger partial charge in [0, 0.05) is 31.9 Å². The second-order valence-corrected chi connectivity index (χ2v) is 6.98. The molecule has 5 nitrogen and oxygen atoms in total. The van der Waals surface area contributed by atoms with Gasteiger partial charge in [0.1, 0.15) is 5.02 Å². The summed E-state index contributed by atoms with van der Waals surface area (Å²) >= 11 is 6.42. The number of aromatic nitrogens is 2. The normalized spacial score (nSPS) is 14.4. The number of hydrogen-bond donors (Lipinski definition) is 0. The van der Waals surface area contributed by atoms with E-state index >= 15 is 0 Å². The van der Waals surface area contributed by atoms with E-state index in [1.807, 2.05) is 36.4 Å². The average Bonchev–Trinajstić information content (AvgIpc) is 2.73. The molecule has 2 heterocycles. The maximum absolute atomic E-state index is 12.7. The summed E-state index contributed by atoms with van der Waals surface area (Å²) in [5.74, 6) is 0. The Morgan fingerprint density at radius 3 is 2.11 bits per heavy atom. The first-order chi connectivity index (χ1) is 13.2. The van der Waals surface area contributed by atoms with Crippen molar-refractivity contribution in [2.45, 2.75) is 6.54 Å². The topological polar surface area (TPSA) is 41.4 Å². The highest BCUT2D eigenvalue weighted by Gasteiger charge is 2.21. The van der Waals surface area contributed by atoms with Gasteiger partial charge in [0.05, 0.1) is 18.4 Å². The van der Waals surface area contributed by atoms with Crippen LogP contribution in [-0.4, -0.2) is 36.0 Å². The first kappa shape index (κ1) is 17.6. The minimum Gasteiger partial charge on any atom is -0.368 e. The summed E-state index contributed by atoms with van der Waals surface area (Å²) in [6.45, 7) is 3.79. The molecule has 3 aromatic rings. The maximum Gasteiger partial charge on any atom is 0.287 e. The van der Waals surface area contributed by atoms with Crippen molar-refractivity contribution in [1.82, 2.24) is 9.78 Å². The molecule has 2 aromatic carbocycles. The van der Waals surface area contributed by atoms with E-state index in [0.717, 1.165) is 37.4 Å². The lowest BCUT2D eigenvalue weighted by molar-refractivity contribution is 0.622. The first-order valence-corrected chi connectivity index (χ1v) is 9.44. The molecule has 0 spiro atoms. The minimum atomic E-state index is -0.247. The van der Waals surface area contributed by atoms with Gasteiger partial charge in [-0.15, -0.1) is 0 Å². The van der Waals surface area contributed by atoms with Crippen LogP contribution in [0.4, 0.5) is 11.4 Å². The summed E-state index contributed by atoms with van der Waals surface area (Å²) in [5, 5.41) is 4.60. The Labute approximate surface area is 163 Å². The Balaban J connectivity index is 1.48. The standard InChI is InChI=1S/C21H21ClN4O/c22-20-19(15-23-26(21(20)27)16-17-7-3-1-4-8-17)25-13-11-24(12-14-25)18-9-5-2-6-10-18/h1-10,15H,11-14,16H2. The predicted octanol–water partition coefficient (Wildman–Crippen LogP) is 3.27. The second kappa shape index (κ2) is 7.84. The van der Waals surface area contributed by atoms with E-state index in [1.54, 1.807) is 6.20 Å². The van der Waals surface area contributed by atoms with E-state index in [4.69, 9.17) is 11.6 Å². The molecule has 1 aliphatic rings. The van der Waals surface area contributed by atoms with Gasteiger partial charge >= 0.3 is 0 Å². The third-order valence-electron chi connectivity index (χ3n) is 4.88. The number of halogens is 1. The monoisotopic (exact) mass is 380 g/mol. The van der Waals surface area contributed by atoms with Gasteiger partial charge in [0.25, 0.3) is 5.56 Å². The summed E-state index contributed by atoms with van der Waals surface area (Å²) in [5.41, 5.74) is 2.72. The lowest BCUT2D eigenvalue weighted by Gasteiger charge is -2.37. The van der Waals surface area contributed by atoms with E-state index in [1.165, 1.54) is 10.4 Å². The molecule has 0 aliphatic carbocycles. The van der Waals surface area contributed by atoms with Gasteiger partial charge in [-0.2, -0.15) is 5.10 Å². The quantitative estimate of drug-likeness (QED) is 0.696. The fourth-order valence-electron chi connectivity index (χ4n) is 3.39. The van der Waals surface area contributed by atoms with Crippen molar-refractivity contribution in [3.63, 3.8) is 0 Å². The number of anilines is 2. The number of benzene rings is 2.